The number of phenolic OH excluding ortho intramolecular Hbond substituents is 1. The summed E-state index contributed by atoms with van der Waals surface area (Å²) in [6.07, 6.45) is 0. The highest BCUT2D eigenvalue weighted by molar-refractivity contribution is 5.96. The van der Waals surface area contributed by atoms with Gasteiger partial charge in [0.05, 0.1) is 7.11 Å². The number of hydrogen-bond acceptors (Lipinski definition) is 4. The van der Waals surface area contributed by atoms with Gasteiger partial charge in [-0.15, -0.1) is 0 Å². The minimum absolute atomic E-state index is 0.102. The lowest BCUT2D eigenvalue weighted by atomic mass is 10.1. The molecule has 0 saturated carbocycles. The molecule has 0 aliphatic carbocycles. The van der Waals surface area contributed by atoms with E-state index in [9.17, 15) is 14.7 Å². The fourth-order valence-corrected chi connectivity index (χ4v) is 1.34. The zero-order chi connectivity index (χ0) is 13.0. The summed E-state index contributed by atoms with van der Waals surface area (Å²) < 4.78 is 4.48. The van der Waals surface area contributed by atoms with Crippen molar-refractivity contribution in [1.82, 2.24) is 4.90 Å². The van der Waals surface area contributed by atoms with E-state index in [0.717, 1.165) is 0 Å². The van der Waals surface area contributed by atoms with E-state index in [0.29, 0.717) is 11.1 Å². The van der Waals surface area contributed by atoms with Crippen LogP contribution in [0, 0.1) is 6.92 Å². The van der Waals surface area contributed by atoms with Crippen molar-refractivity contribution in [2.45, 2.75) is 6.92 Å². The topological polar surface area (TPSA) is 66.8 Å². The van der Waals surface area contributed by atoms with Crippen LogP contribution in [-0.2, 0) is 9.53 Å². The lowest BCUT2D eigenvalue weighted by molar-refractivity contribution is -0.141. The quantitative estimate of drug-likeness (QED) is 0.795. The zero-order valence-corrected chi connectivity index (χ0v) is 10.1. The molecule has 92 valence electrons. The van der Waals surface area contributed by atoms with Crippen LogP contribution >= 0.6 is 0 Å². The van der Waals surface area contributed by atoms with Gasteiger partial charge in [0.25, 0.3) is 5.91 Å². The molecule has 0 fully saturated rings. The highest BCUT2D eigenvalue weighted by Gasteiger charge is 2.15. The molecule has 1 amide bonds. The van der Waals surface area contributed by atoms with Gasteiger partial charge < -0.3 is 14.7 Å². The molecule has 1 rings (SSSR count). The van der Waals surface area contributed by atoms with Crippen LogP contribution in [0.25, 0.3) is 0 Å². The number of phenols is 1. The van der Waals surface area contributed by atoms with Gasteiger partial charge in [0.15, 0.2) is 0 Å². The minimum atomic E-state index is -0.476. The molecule has 0 heterocycles. The molecule has 5 heteroatoms. The molecule has 1 aromatic carbocycles. The first kappa shape index (κ1) is 13.0. The molecule has 0 aromatic heterocycles. The second kappa shape index (κ2) is 5.34. The smallest absolute Gasteiger partial charge is 0.325 e. The Bertz CT molecular complexity index is 442. The first-order valence-electron chi connectivity index (χ1n) is 5.07. The van der Waals surface area contributed by atoms with Crippen LogP contribution in [0.3, 0.4) is 0 Å². The Morgan fingerprint density at radius 2 is 2.06 bits per heavy atom. The molecule has 0 unspecified atom stereocenters. The number of esters is 1. The molecule has 0 aliphatic heterocycles. The van der Waals surface area contributed by atoms with Gasteiger partial charge in [0.2, 0.25) is 0 Å². The molecule has 0 aliphatic rings. The summed E-state index contributed by atoms with van der Waals surface area (Å²) in [7, 11) is 2.78. The summed E-state index contributed by atoms with van der Waals surface area (Å²) in [5.74, 6) is -0.632. The lowest BCUT2D eigenvalue weighted by Crippen LogP contribution is -2.32. The predicted molar refractivity (Wildman–Crippen MR) is 61.8 cm³/mol. The fraction of sp³-hybridized carbons (Fsp3) is 0.333. The van der Waals surface area contributed by atoms with Crippen molar-refractivity contribution in [2.24, 2.45) is 0 Å². The number of carbonyl (C=O) groups is 2. The van der Waals surface area contributed by atoms with E-state index in [4.69, 9.17) is 0 Å². The Kier molecular flexibility index (Phi) is 4.09. The van der Waals surface area contributed by atoms with E-state index in [1.165, 1.54) is 31.2 Å². The number of benzene rings is 1. The highest BCUT2D eigenvalue weighted by Crippen LogP contribution is 2.17. The van der Waals surface area contributed by atoms with Gasteiger partial charge in [-0.2, -0.15) is 0 Å². The van der Waals surface area contributed by atoms with Gasteiger partial charge in [-0.25, -0.2) is 0 Å². The van der Waals surface area contributed by atoms with Crippen molar-refractivity contribution in [1.29, 1.82) is 0 Å². The first-order valence-corrected chi connectivity index (χ1v) is 5.07. The van der Waals surface area contributed by atoms with Crippen molar-refractivity contribution >= 4 is 11.9 Å². The number of hydrogen-bond donors (Lipinski definition) is 1. The fourth-order valence-electron chi connectivity index (χ4n) is 1.34. The Labute approximate surface area is 99.6 Å². The summed E-state index contributed by atoms with van der Waals surface area (Å²) >= 11 is 0. The molecule has 1 aromatic rings. The van der Waals surface area contributed by atoms with Gasteiger partial charge >= 0.3 is 5.97 Å². The van der Waals surface area contributed by atoms with Crippen LogP contribution in [0.4, 0.5) is 0 Å². The maximum atomic E-state index is 11.9. The number of ether oxygens (including phenoxy) is 1. The van der Waals surface area contributed by atoms with Gasteiger partial charge in [-0.1, -0.05) is 0 Å². The minimum Gasteiger partial charge on any atom is -0.508 e. The standard InChI is InChI=1S/C12H15NO4/c1-8-6-9(4-5-10(8)14)12(16)13(2)7-11(15)17-3/h4-6,14H,7H2,1-3H3. The largest absolute Gasteiger partial charge is 0.508 e. The normalized spacial score (nSPS) is 9.82. The second-order valence-electron chi connectivity index (χ2n) is 3.74. The highest BCUT2D eigenvalue weighted by atomic mass is 16.5. The number of rotatable bonds is 3. The van der Waals surface area contributed by atoms with Crippen molar-refractivity contribution in [2.75, 3.05) is 20.7 Å². The number of methoxy groups -OCH3 is 1. The van der Waals surface area contributed by atoms with E-state index < -0.39 is 5.97 Å². The predicted octanol–water partition coefficient (Wildman–Crippen LogP) is 0.946. The van der Waals surface area contributed by atoms with E-state index in [-0.39, 0.29) is 18.2 Å². The van der Waals surface area contributed by atoms with E-state index >= 15 is 0 Å². The molecule has 0 bridgehead atoms. The van der Waals surface area contributed by atoms with Crippen LogP contribution in [-0.4, -0.2) is 42.6 Å². The summed E-state index contributed by atoms with van der Waals surface area (Å²) in [5.41, 5.74) is 1.04. The summed E-state index contributed by atoms with van der Waals surface area (Å²) in [5, 5.41) is 9.35. The number of aromatic hydroxyl groups is 1. The van der Waals surface area contributed by atoms with Gasteiger partial charge in [-0.3, -0.25) is 9.59 Å². The average molecular weight is 237 g/mol. The van der Waals surface area contributed by atoms with E-state index in [2.05, 4.69) is 4.74 Å². The van der Waals surface area contributed by atoms with Crippen LogP contribution in [0.5, 0.6) is 5.75 Å². The molecule has 5 nitrogen and oxygen atoms in total. The van der Waals surface area contributed by atoms with E-state index in [1.807, 2.05) is 0 Å². The third-order valence-corrected chi connectivity index (χ3v) is 2.38. The molecule has 0 saturated heterocycles. The number of amides is 1. The third kappa shape index (κ3) is 3.21. The van der Waals surface area contributed by atoms with Crippen molar-refractivity contribution in [3.8, 4) is 5.75 Å². The number of aryl methyl sites for hydroxylation is 1. The third-order valence-electron chi connectivity index (χ3n) is 2.38. The Morgan fingerprint density at radius 1 is 1.41 bits per heavy atom. The van der Waals surface area contributed by atoms with Crippen LogP contribution in [0.15, 0.2) is 18.2 Å². The SMILES string of the molecule is COC(=O)CN(C)C(=O)c1ccc(O)c(C)c1. The lowest BCUT2D eigenvalue weighted by Gasteiger charge is -2.16. The maximum absolute atomic E-state index is 11.9. The van der Waals surface area contributed by atoms with Crippen LogP contribution in [0.2, 0.25) is 0 Å². The molecular formula is C12H15NO4. The number of nitrogens with zero attached hydrogens (tertiary/aromatic N) is 1. The molecule has 1 N–H and O–H groups in total. The molecule has 0 atom stereocenters. The monoisotopic (exact) mass is 237 g/mol. The van der Waals surface area contributed by atoms with Crippen LogP contribution in [0.1, 0.15) is 15.9 Å². The Balaban J connectivity index is 2.81. The average Bonchev–Trinajstić information content (AvgIpc) is 2.31. The maximum Gasteiger partial charge on any atom is 0.325 e. The summed E-state index contributed by atoms with van der Waals surface area (Å²) in [6, 6.07) is 4.54. The van der Waals surface area contributed by atoms with Gasteiger partial charge in [0.1, 0.15) is 12.3 Å². The molecular weight excluding hydrogens is 222 g/mol. The number of carbonyl (C=O) groups excluding carboxylic acids is 2. The Morgan fingerprint density at radius 3 is 2.59 bits per heavy atom. The van der Waals surface area contributed by atoms with Crippen molar-refractivity contribution < 1.29 is 19.4 Å². The zero-order valence-electron chi connectivity index (χ0n) is 10.1. The summed E-state index contributed by atoms with van der Waals surface area (Å²) in [4.78, 5) is 24.2. The summed E-state index contributed by atoms with van der Waals surface area (Å²) in [6.45, 7) is 1.60. The van der Waals surface area contributed by atoms with Crippen molar-refractivity contribution in [3.05, 3.63) is 29.3 Å². The van der Waals surface area contributed by atoms with Gasteiger partial charge in [0, 0.05) is 12.6 Å². The van der Waals surface area contributed by atoms with Crippen molar-refractivity contribution in [3.63, 3.8) is 0 Å². The van der Waals surface area contributed by atoms with Crippen LogP contribution < -0.4 is 0 Å². The van der Waals surface area contributed by atoms with E-state index in [1.54, 1.807) is 13.0 Å². The molecule has 17 heavy (non-hydrogen) atoms. The number of likely N-dealkylation sites (N-methyl/N-ethyl adjacent to an activating group) is 1. The molecule has 0 spiro atoms. The molecule has 0 radical (unpaired) electrons. The first-order chi connectivity index (χ1) is 7.95. The Hall–Kier alpha value is -2.04. The van der Waals surface area contributed by atoms with Gasteiger partial charge in [-0.05, 0) is 30.7 Å². The second-order valence-corrected chi connectivity index (χ2v) is 3.74.